The molecule has 0 unspecified atom stereocenters. The minimum Gasteiger partial charge on any atom is -0.397 e. The third-order valence-corrected chi connectivity index (χ3v) is 3.89. The van der Waals surface area contributed by atoms with E-state index in [2.05, 4.69) is 20.8 Å². The molecule has 2 saturated carbocycles. The lowest BCUT2D eigenvalue weighted by Gasteiger charge is -2.14. The lowest BCUT2D eigenvalue weighted by atomic mass is 9.93. The maximum Gasteiger partial charge on any atom is 0.0479 e. The molecule has 0 aromatic rings. The molecule has 200 valence electrons. The largest absolute Gasteiger partial charge is 0.397 e. The smallest absolute Gasteiger partial charge is 0.0479 e. The van der Waals surface area contributed by atoms with Crippen LogP contribution in [0.4, 0.5) is 0 Å². The minimum absolute atomic E-state index is 0.0972. The molecule has 0 aromatic carbocycles. The van der Waals surface area contributed by atoms with E-state index in [0.29, 0.717) is 43.7 Å². The van der Waals surface area contributed by atoms with Crippen molar-refractivity contribution in [3.63, 3.8) is 0 Å². The second-order valence-electron chi connectivity index (χ2n) is 11.2. The summed E-state index contributed by atoms with van der Waals surface area (Å²) in [4.78, 5) is 0. The molecule has 2 aliphatic carbocycles. The van der Waals surface area contributed by atoms with Gasteiger partial charge in [-0.2, -0.15) is 0 Å². The highest BCUT2D eigenvalue weighted by Crippen LogP contribution is 2.31. The van der Waals surface area contributed by atoms with E-state index in [1.165, 1.54) is 25.7 Å². The quantitative estimate of drug-likeness (QED) is 0.359. The van der Waals surface area contributed by atoms with E-state index in [4.69, 9.17) is 30.6 Å². The molecule has 0 heterocycles. The van der Waals surface area contributed by atoms with Gasteiger partial charge < -0.3 is 30.6 Å². The van der Waals surface area contributed by atoms with Gasteiger partial charge in [0, 0.05) is 39.6 Å². The molecule has 6 heteroatoms. The molecule has 0 bridgehead atoms. The Hall–Kier alpha value is -0.240. The summed E-state index contributed by atoms with van der Waals surface area (Å²) in [5, 5.41) is 49.0. The number of rotatable bonds is 5. The zero-order valence-electron chi connectivity index (χ0n) is 22.9. The predicted molar refractivity (Wildman–Crippen MR) is 137 cm³/mol. The number of hydrogen-bond acceptors (Lipinski definition) is 6. The Bertz CT molecular complexity index is 324. The summed E-state index contributed by atoms with van der Waals surface area (Å²) in [6.07, 6.45) is 7.18. The lowest BCUT2D eigenvalue weighted by Crippen LogP contribution is -2.09. The average molecular weight is 469 g/mol. The van der Waals surface area contributed by atoms with Crippen LogP contribution < -0.4 is 0 Å². The van der Waals surface area contributed by atoms with E-state index in [0.717, 1.165) is 18.8 Å². The highest BCUT2D eigenvalue weighted by atomic mass is 16.3. The topological polar surface area (TPSA) is 121 Å². The van der Waals surface area contributed by atoms with Gasteiger partial charge in [0.15, 0.2) is 0 Å². The van der Waals surface area contributed by atoms with E-state index in [1.54, 1.807) is 6.92 Å². The SMILES string of the molecule is CC(C)(C)CCO.CC(C)(C)CO.CC(C)CO.CCO.OCC1CC1.OCCC1CC1. The van der Waals surface area contributed by atoms with Crippen molar-refractivity contribution in [1.29, 1.82) is 0 Å². The molecule has 0 radical (unpaired) electrons. The highest BCUT2D eigenvalue weighted by Gasteiger charge is 2.19. The molecular formula is C26H60O6. The van der Waals surface area contributed by atoms with Crippen LogP contribution in [-0.2, 0) is 0 Å². The van der Waals surface area contributed by atoms with Crippen molar-refractivity contribution in [3.05, 3.63) is 0 Å². The standard InChI is InChI=1S/C6H14O.C5H10O.C5H12O.C4H8O.C4H10O.C2H6O/c1-6(2,3)4-5-7;6-4-3-5-1-2-5;1-5(2,3)4-6;5-3-4-1-2-4;1-4(2)3-5;1-2-3/h7H,4-5H2,1-3H3;5-6H,1-4H2;6H,4H2,1-3H3;4-5H,1-3H2;4-5H,3H2,1-2H3;3H,2H2,1H3. The van der Waals surface area contributed by atoms with E-state index >= 15 is 0 Å². The maximum absolute atomic E-state index is 8.40. The monoisotopic (exact) mass is 468 g/mol. The zero-order valence-corrected chi connectivity index (χ0v) is 22.9. The number of aliphatic hydroxyl groups is 6. The first kappa shape index (κ1) is 39.0. The fraction of sp³-hybridized carbons (Fsp3) is 1.00. The van der Waals surface area contributed by atoms with Gasteiger partial charge >= 0.3 is 0 Å². The molecule has 2 rings (SSSR count). The van der Waals surface area contributed by atoms with Crippen LogP contribution in [0.15, 0.2) is 0 Å². The fourth-order valence-corrected chi connectivity index (χ4v) is 1.22. The Kier molecular flexibility index (Phi) is 30.9. The molecule has 0 spiro atoms. The molecular weight excluding hydrogens is 408 g/mol. The summed E-state index contributed by atoms with van der Waals surface area (Å²) >= 11 is 0. The molecule has 6 nitrogen and oxygen atoms in total. The maximum atomic E-state index is 8.40. The van der Waals surface area contributed by atoms with Crippen LogP contribution in [0.2, 0.25) is 0 Å². The molecule has 2 fully saturated rings. The van der Waals surface area contributed by atoms with Gasteiger partial charge in [-0.3, -0.25) is 0 Å². The van der Waals surface area contributed by atoms with E-state index in [-0.39, 0.29) is 18.6 Å². The first-order valence-corrected chi connectivity index (χ1v) is 12.3. The Morgan fingerprint density at radius 3 is 1.06 bits per heavy atom. The van der Waals surface area contributed by atoms with Crippen LogP contribution >= 0.6 is 0 Å². The van der Waals surface area contributed by atoms with Crippen LogP contribution in [0.1, 0.15) is 101 Å². The first-order chi connectivity index (χ1) is 14.7. The van der Waals surface area contributed by atoms with Gasteiger partial charge in [-0.25, -0.2) is 0 Å². The summed E-state index contributed by atoms with van der Waals surface area (Å²) in [5.41, 5.74) is 0.398. The Balaban J connectivity index is -0.000000149. The van der Waals surface area contributed by atoms with Crippen LogP contribution in [0.5, 0.6) is 0 Å². The number of hydrogen-bond donors (Lipinski definition) is 6. The highest BCUT2D eigenvalue weighted by molar-refractivity contribution is 4.71. The molecule has 0 aromatic heterocycles. The van der Waals surface area contributed by atoms with Gasteiger partial charge in [-0.15, -0.1) is 0 Å². The molecule has 0 amide bonds. The van der Waals surface area contributed by atoms with Gasteiger partial charge in [0.1, 0.15) is 0 Å². The van der Waals surface area contributed by atoms with Gasteiger partial charge in [-0.1, -0.05) is 68.2 Å². The fourth-order valence-electron chi connectivity index (χ4n) is 1.22. The van der Waals surface area contributed by atoms with Crippen LogP contribution in [-0.4, -0.2) is 70.3 Å². The zero-order chi connectivity index (χ0) is 26.2. The van der Waals surface area contributed by atoms with E-state index < -0.39 is 0 Å². The average Bonchev–Trinajstić information content (AvgIpc) is 3.57. The normalized spacial score (nSPS) is 14.6. The van der Waals surface area contributed by atoms with Crippen LogP contribution in [0, 0.1) is 28.6 Å². The van der Waals surface area contributed by atoms with Crippen molar-refractivity contribution in [2.45, 2.75) is 101 Å². The van der Waals surface area contributed by atoms with Crippen molar-refractivity contribution in [1.82, 2.24) is 0 Å². The summed E-state index contributed by atoms with van der Waals surface area (Å²) in [6, 6.07) is 0. The molecule has 2 aliphatic rings. The third kappa shape index (κ3) is 63.0. The van der Waals surface area contributed by atoms with Crippen molar-refractivity contribution in [2.75, 3.05) is 39.6 Å². The lowest BCUT2D eigenvalue weighted by molar-refractivity contribution is 0.177. The third-order valence-electron chi connectivity index (χ3n) is 3.89. The molecule has 0 saturated heterocycles. The Morgan fingerprint density at radius 2 is 1.03 bits per heavy atom. The Morgan fingerprint density at radius 1 is 0.688 bits per heavy atom. The Labute approximate surface area is 200 Å². The molecule has 0 aliphatic heterocycles. The van der Waals surface area contributed by atoms with Crippen molar-refractivity contribution < 1.29 is 30.6 Å². The summed E-state index contributed by atoms with van der Waals surface area (Å²) in [5.74, 6) is 2.03. The molecule has 6 N–H and O–H groups in total. The van der Waals surface area contributed by atoms with Gasteiger partial charge in [-0.05, 0) is 61.2 Å². The molecule has 32 heavy (non-hydrogen) atoms. The second kappa shape index (κ2) is 25.4. The molecule has 0 atom stereocenters. The predicted octanol–water partition coefficient (Wildman–Crippen LogP) is 4.24. The van der Waals surface area contributed by atoms with Crippen LogP contribution in [0.3, 0.4) is 0 Å². The van der Waals surface area contributed by atoms with Gasteiger partial charge in [0.2, 0.25) is 0 Å². The summed E-state index contributed by atoms with van der Waals surface area (Å²) in [7, 11) is 0. The van der Waals surface area contributed by atoms with Crippen molar-refractivity contribution >= 4 is 0 Å². The minimum atomic E-state index is 0.0972. The van der Waals surface area contributed by atoms with Crippen molar-refractivity contribution in [3.8, 4) is 0 Å². The van der Waals surface area contributed by atoms with Gasteiger partial charge in [0.25, 0.3) is 0 Å². The summed E-state index contributed by atoms with van der Waals surface area (Å²) < 4.78 is 0. The van der Waals surface area contributed by atoms with E-state index in [1.807, 2.05) is 34.6 Å². The number of aliphatic hydroxyl groups excluding tert-OH is 6. The second-order valence-corrected chi connectivity index (χ2v) is 11.2. The summed E-state index contributed by atoms with van der Waals surface area (Å²) in [6.45, 7) is 19.9. The van der Waals surface area contributed by atoms with Crippen LogP contribution in [0.25, 0.3) is 0 Å². The van der Waals surface area contributed by atoms with E-state index in [9.17, 15) is 0 Å². The first-order valence-electron chi connectivity index (χ1n) is 12.3. The van der Waals surface area contributed by atoms with Gasteiger partial charge in [0.05, 0.1) is 0 Å². The van der Waals surface area contributed by atoms with Crippen molar-refractivity contribution in [2.24, 2.45) is 28.6 Å².